The minimum Gasteiger partial charge on any atom is -0.480 e. The molecule has 2 aromatic heterocycles. The fraction of sp³-hybridized carbons (Fsp3) is 0.298. The Morgan fingerprint density at radius 3 is 0.807 bits per heavy atom. The second-order valence-corrected chi connectivity index (χ2v) is 33.7. The van der Waals surface area contributed by atoms with Gasteiger partial charge in [-0.15, -0.1) is 0 Å². The highest BCUT2D eigenvalue weighted by Crippen LogP contribution is 2.48. The molecule has 0 bridgehead atoms. The second kappa shape index (κ2) is 43.1. The van der Waals surface area contributed by atoms with Gasteiger partial charge in [0.25, 0.3) is 76.0 Å². The fourth-order valence-corrected chi connectivity index (χ4v) is 15.6. The summed E-state index contributed by atoms with van der Waals surface area (Å²) in [5.74, 6) is -25.1. The lowest BCUT2D eigenvalue weighted by Gasteiger charge is -2.45. The van der Waals surface area contributed by atoms with Crippen LogP contribution in [0.15, 0.2) is 324 Å². The van der Waals surface area contributed by atoms with Crippen molar-refractivity contribution in [3.63, 3.8) is 0 Å². The molecule has 5 N–H and O–H groups in total. The van der Waals surface area contributed by atoms with Crippen molar-refractivity contribution in [1.29, 1.82) is 0 Å². The Morgan fingerprint density at radius 2 is 0.550 bits per heavy atom. The van der Waals surface area contributed by atoms with E-state index >= 15 is 0 Å². The summed E-state index contributed by atoms with van der Waals surface area (Å²) < 4.78 is 90.4. The number of benzene rings is 3. The number of esters is 12. The molecule has 4 spiro atoms. The molecule has 0 radical (unpaired) electrons. The molecule has 5 aromatic rings. The maximum atomic E-state index is 12.8. The van der Waals surface area contributed by atoms with Gasteiger partial charge in [0.1, 0.15) is 44.6 Å². The molecule has 8 aliphatic heterocycles. The van der Waals surface area contributed by atoms with Gasteiger partial charge >= 0.3 is 71.6 Å². The first-order valence-electron chi connectivity index (χ1n) is 44.9. The first kappa shape index (κ1) is 101. The molecule has 140 heavy (non-hydrogen) atoms. The molecule has 4 atom stereocenters. The number of aromatic nitrogens is 2. The van der Waals surface area contributed by atoms with Gasteiger partial charge in [-0.1, -0.05) is 137 Å². The van der Waals surface area contributed by atoms with Crippen molar-refractivity contribution in [3.05, 3.63) is 329 Å². The minimum absolute atomic E-state index is 0.114. The number of nitrogens with zero attached hydrogens (tertiary/aromatic N) is 2. The van der Waals surface area contributed by atoms with Crippen LogP contribution in [0.4, 0.5) is 5.69 Å². The quantitative estimate of drug-likeness (QED) is 0.00956. The second-order valence-electron chi connectivity index (χ2n) is 33.7. The van der Waals surface area contributed by atoms with E-state index in [-0.39, 0.29) is 79.6 Å². The Balaban J connectivity index is 0.000000182. The predicted molar refractivity (Wildman–Crippen MR) is 487 cm³/mol. The van der Waals surface area contributed by atoms with E-state index in [2.05, 4.69) is 63.2 Å². The molecule has 1 amide bonds. The summed E-state index contributed by atoms with van der Waals surface area (Å²) in [5.41, 5.74) is 3.37. The number of carbonyl (C=O) groups excluding carboxylic acids is 13. The van der Waals surface area contributed by atoms with Gasteiger partial charge in [0, 0.05) is 165 Å². The Hall–Kier alpha value is -16.7. The molecule has 728 valence electrons. The Morgan fingerprint density at radius 1 is 0.300 bits per heavy atom. The molecule has 36 heteroatoms. The number of allylic oxidation sites excluding steroid dienone is 16. The number of rotatable bonds is 24. The third-order valence-electron chi connectivity index (χ3n) is 23.1. The molecule has 3 aromatic carbocycles. The maximum absolute atomic E-state index is 12.8. The van der Waals surface area contributed by atoms with E-state index in [4.69, 9.17) is 75.8 Å². The molecule has 4 saturated heterocycles. The van der Waals surface area contributed by atoms with Crippen LogP contribution in [0.3, 0.4) is 0 Å². The number of aliphatic hydroxyl groups is 4. The average molecular weight is 1920 g/mol. The van der Waals surface area contributed by atoms with Crippen LogP contribution in [-0.4, -0.2) is 144 Å². The summed E-state index contributed by atoms with van der Waals surface area (Å²) in [6.07, 6.45) is 36.3. The Bertz CT molecular complexity index is 6030. The molecule has 4 unspecified atom stereocenters. The zero-order valence-electron chi connectivity index (χ0n) is 77.4. The highest BCUT2D eigenvalue weighted by molar-refractivity contribution is 6.18. The largest absolute Gasteiger partial charge is 0.480 e. The number of cyclic esters (lactones) is 4. The van der Waals surface area contributed by atoms with Gasteiger partial charge in [-0.2, -0.15) is 9.13 Å². The van der Waals surface area contributed by atoms with Crippen LogP contribution in [-0.2, 0) is 133 Å². The van der Waals surface area contributed by atoms with Gasteiger partial charge < -0.3 is 102 Å². The fourth-order valence-electron chi connectivity index (χ4n) is 15.6. The van der Waals surface area contributed by atoms with Crippen LogP contribution in [0.2, 0.25) is 0 Å². The number of amides is 1. The number of anilines is 1. The van der Waals surface area contributed by atoms with Crippen LogP contribution < -0.4 is 14.5 Å². The number of para-hydroxylation sites is 1. The topological polar surface area (TPSA) is 470 Å². The monoisotopic (exact) mass is 1920 g/mol. The number of hydrogen-bond donors (Lipinski definition) is 5. The summed E-state index contributed by atoms with van der Waals surface area (Å²) in [6, 6.07) is 35.7. The van der Waals surface area contributed by atoms with Crippen LogP contribution in [0.1, 0.15) is 162 Å². The van der Waals surface area contributed by atoms with Gasteiger partial charge in [-0.25, -0.2) is 57.5 Å². The number of hydrogen-bond acceptors (Lipinski definition) is 33. The van der Waals surface area contributed by atoms with E-state index in [1.54, 1.807) is 19.1 Å². The van der Waals surface area contributed by atoms with E-state index < -0.39 is 164 Å². The number of carbonyl (C=O) groups is 13. The smallest absolute Gasteiger partial charge is 0.348 e. The highest BCUT2D eigenvalue weighted by atomic mass is 16.8. The summed E-state index contributed by atoms with van der Waals surface area (Å²) in [6.45, 7) is 13.5. The summed E-state index contributed by atoms with van der Waals surface area (Å²) >= 11 is 0. The van der Waals surface area contributed by atoms with Crippen molar-refractivity contribution >= 4 is 83.2 Å². The third kappa shape index (κ3) is 24.4. The molecular formula is C104H101N3O33+2. The minimum atomic E-state index is -1.67. The van der Waals surface area contributed by atoms with Crippen LogP contribution >= 0.6 is 0 Å². The molecule has 2 aliphatic carbocycles. The lowest BCUT2D eigenvalue weighted by molar-refractivity contribution is -0.596. The number of nitrogens with one attached hydrogen (secondary N) is 1. The van der Waals surface area contributed by atoms with Crippen LogP contribution in [0, 0.1) is 0 Å². The molecule has 36 nitrogen and oxygen atoms in total. The summed E-state index contributed by atoms with van der Waals surface area (Å²) in [4.78, 5) is 164. The van der Waals surface area contributed by atoms with Gasteiger partial charge in [0.2, 0.25) is 11.4 Å². The van der Waals surface area contributed by atoms with Crippen molar-refractivity contribution in [3.8, 4) is 22.5 Å². The number of aliphatic hydroxyl groups excluding tert-OH is 4. The first-order valence-corrected chi connectivity index (χ1v) is 44.9. The van der Waals surface area contributed by atoms with Crippen molar-refractivity contribution in [2.24, 2.45) is 0 Å². The average Bonchev–Trinajstić information content (AvgIpc) is 0.753. The predicted octanol–water partition coefficient (Wildman–Crippen LogP) is 14.7. The van der Waals surface area contributed by atoms with Gasteiger partial charge in [0.15, 0.2) is 24.8 Å². The summed E-state index contributed by atoms with van der Waals surface area (Å²) in [7, 11) is 0. The first-order chi connectivity index (χ1) is 66.9. The molecule has 6 fully saturated rings. The van der Waals surface area contributed by atoms with Gasteiger partial charge in [-0.3, -0.25) is 4.79 Å². The zero-order chi connectivity index (χ0) is 100. The molecule has 10 aliphatic rings. The Labute approximate surface area is 802 Å². The summed E-state index contributed by atoms with van der Waals surface area (Å²) in [5, 5.41) is 43.5. The lowest BCUT2D eigenvalue weighted by Crippen LogP contribution is -2.56. The van der Waals surface area contributed by atoms with E-state index in [1.807, 2.05) is 93.8 Å². The SMILES string of the molecule is CCCC1(C)OC(=O)C(/C=C/C=C/C=C2C(=O)OC3(CCC4(CC3)OC(=O)C(=CC=CC=CC3=C(O)OC(C)(CC)OC3=O)C(=O)O4)OC2=O)=C(O)O1.CCCC1(C)OC(=O)C(C=CC=CC=C2C(=O)OC3(CCC4(CC3)OC(=O)C(=C/C=C/C=C/C3=C(O)OC(C)(CCC)OC3=O)C(=O)O4)OC2=O)=C(O)O1.O=C(Nc1ccc(-[n+]2ccc(-c3cc[n+](-c4ccccc4)cc3)cc2)cc1)c1ccccc1. The van der Waals surface area contributed by atoms with Crippen molar-refractivity contribution in [1.82, 2.24) is 0 Å². The highest BCUT2D eigenvalue weighted by Gasteiger charge is 2.59. The van der Waals surface area contributed by atoms with E-state index in [0.29, 0.717) is 50.5 Å². The zero-order valence-corrected chi connectivity index (χ0v) is 77.4. The van der Waals surface area contributed by atoms with E-state index in [9.17, 15) is 82.8 Å². The van der Waals surface area contributed by atoms with Gasteiger partial charge in [-0.05, 0) is 103 Å². The van der Waals surface area contributed by atoms with Crippen LogP contribution in [0.5, 0.6) is 0 Å². The standard InChI is InChI=1S/C38H40O16.C37H38O16.C29H22N3O/c1-5-17-35(3)47-27(39)23(28(40)48-35)13-9-7-11-15-25-31(43)51-37(52-32(25)44)19-21-38(22-20-37)53-33(45)26(34(46)54-38)16-12-8-10-14-24-29(41)49-36(4,18-6-2)50-30(24)42;1-5-17-35(4)48-28(40)23(29(41)49-35)14-10-8-12-16-25-32(44)52-37(53-33(25)45)20-18-36(19-21-37)50-30(42)24(31(43)51-36)15-11-7-9-13-22-26(38)46-34(3,6-2)47-27(22)39;33-29(25-7-3-1-4-8-25)30-26-11-13-28(14-12-26)32-21-17-24(18-22-32)23-15-19-31(20-16-23)27-9-5-2-6-10-27/h7-16,39,41H,5-6,17-22H2,1-4H3;7-16,38,40H,5-6,17-21H2,1-4H3;1-22H/q;;+1/p+1/b11-7+,12-8?,13-9+,14-10?,25-15?,26-16?;11-7?,12-8+,13-9?,14-10+,24-15?,25-16?;. The molecule has 10 heterocycles. The number of ether oxygens (including phenoxy) is 16. The van der Waals surface area contributed by atoms with E-state index in [1.165, 1.54) is 125 Å². The normalized spacial score (nSPS) is 25.9. The number of pyridine rings is 2. The van der Waals surface area contributed by atoms with Crippen molar-refractivity contribution < 1.29 is 168 Å². The van der Waals surface area contributed by atoms with Gasteiger partial charge in [0.05, 0.1) is 0 Å². The van der Waals surface area contributed by atoms with Crippen molar-refractivity contribution in [2.75, 3.05) is 5.32 Å². The molecule has 2 saturated carbocycles. The van der Waals surface area contributed by atoms with E-state index in [0.717, 1.165) is 52.5 Å². The maximum Gasteiger partial charge on any atom is 0.348 e. The third-order valence-corrected chi connectivity index (χ3v) is 23.1. The Kier molecular flexibility index (Phi) is 31.0. The van der Waals surface area contributed by atoms with Crippen molar-refractivity contribution in [2.45, 2.75) is 198 Å². The molecule has 15 rings (SSSR count). The lowest BCUT2D eigenvalue weighted by atomic mass is 9.87. The van der Waals surface area contributed by atoms with Crippen LogP contribution in [0.25, 0.3) is 22.5 Å². The molecular weight excluding hydrogens is 1820 g/mol.